The standard InChI is InChI=1S/C14H18Si/c1-3-15(2,14-11-7-8-12-14)13-9-5-4-6-10-13/h4-7,9-12H,3,8H2,1-2H3. The molecule has 2 rings (SSSR count). The summed E-state index contributed by atoms with van der Waals surface area (Å²) < 4.78 is 0. The maximum atomic E-state index is 2.48. The van der Waals surface area contributed by atoms with E-state index in [1.54, 1.807) is 10.4 Å². The minimum Gasteiger partial charge on any atom is -0.0811 e. The van der Waals surface area contributed by atoms with Crippen LogP contribution in [0, 0.1) is 0 Å². The molecular weight excluding hydrogens is 196 g/mol. The highest BCUT2D eigenvalue weighted by Gasteiger charge is 2.30. The van der Waals surface area contributed by atoms with Gasteiger partial charge in [0.2, 0.25) is 0 Å². The van der Waals surface area contributed by atoms with Gasteiger partial charge in [0.15, 0.2) is 0 Å². The number of benzene rings is 1. The van der Waals surface area contributed by atoms with Crippen molar-refractivity contribution in [3.05, 3.63) is 53.8 Å². The second kappa shape index (κ2) is 4.19. The summed E-state index contributed by atoms with van der Waals surface area (Å²) in [6, 6.07) is 12.3. The molecule has 0 nitrogen and oxygen atoms in total. The predicted molar refractivity (Wildman–Crippen MR) is 70.0 cm³/mol. The monoisotopic (exact) mass is 214 g/mol. The van der Waals surface area contributed by atoms with Crippen LogP contribution in [0.5, 0.6) is 0 Å². The summed E-state index contributed by atoms with van der Waals surface area (Å²) >= 11 is 0. The molecule has 1 atom stereocenters. The third-order valence-electron chi connectivity index (χ3n) is 3.53. The van der Waals surface area contributed by atoms with Crippen molar-refractivity contribution < 1.29 is 0 Å². The minimum atomic E-state index is -1.39. The third kappa shape index (κ3) is 1.84. The van der Waals surface area contributed by atoms with Gasteiger partial charge in [-0.25, -0.2) is 0 Å². The van der Waals surface area contributed by atoms with Crippen molar-refractivity contribution in [2.24, 2.45) is 0 Å². The molecule has 1 heteroatoms. The first-order valence-electron chi connectivity index (χ1n) is 5.70. The molecule has 0 N–H and O–H groups in total. The normalized spacial score (nSPS) is 18.7. The Labute approximate surface area is 93.3 Å². The van der Waals surface area contributed by atoms with Crippen LogP contribution in [0.15, 0.2) is 53.8 Å². The van der Waals surface area contributed by atoms with Gasteiger partial charge in [0.05, 0.1) is 0 Å². The topological polar surface area (TPSA) is 0 Å². The SMILES string of the molecule is CC[Si](C)(C1=CCC=C1)c1ccccc1. The van der Waals surface area contributed by atoms with Crippen LogP contribution in [0.25, 0.3) is 0 Å². The first kappa shape index (κ1) is 10.4. The zero-order valence-electron chi connectivity index (χ0n) is 9.53. The van der Waals surface area contributed by atoms with E-state index in [0.29, 0.717) is 0 Å². The maximum absolute atomic E-state index is 2.48. The van der Waals surface area contributed by atoms with Gasteiger partial charge in [-0.3, -0.25) is 0 Å². The van der Waals surface area contributed by atoms with Gasteiger partial charge in [-0.1, -0.05) is 78.5 Å². The summed E-state index contributed by atoms with van der Waals surface area (Å²) in [5, 5.41) is 3.17. The highest BCUT2D eigenvalue weighted by atomic mass is 28.3. The summed E-state index contributed by atoms with van der Waals surface area (Å²) in [6.07, 6.45) is 8.15. The molecule has 0 aromatic heterocycles. The first-order chi connectivity index (χ1) is 7.27. The zero-order valence-corrected chi connectivity index (χ0v) is 10.5. The van der Waals surface area contributed by atoms with Gasteiger partial charge in [0, 0.05) is 0 Å². The van der Waals surface area contributed by atoms with Crippen molar-refractivity contribution in [2.45, 2.75) is 25.9 Å². The van der Waals surface area contributed by atoms with Crippen molar-refractivity contribution >= 4 is 13.3 Å². The molecule has 1 aliphatic carbocycles. The largest absolute Gasteiger partial charge is 0.114 e. The molecule has 0 spiro atoms. The molecule has 1 aromatic rings. The van der Waals surface area contributed by atoms with Crippen LogP contribution >= 0.6 is 0 Å². The van der Waals surface area contributed by atoms with Gasteiger partial charge in [0.1, 0.15) is 8.07 Å². The van der Waals surface area contributed by atoms with Gasteiger partial charge < -0.3 is 0 Å². The Balaban J connectivity index is 2.41. The van der Waals surface area contributed by atoms with Crippen molar-refractivity contribution in [1.82, 2.24) is 0 Å². The molecule has 78 valence electrons. The van der Waals surface area contributed by atoms with E-state index in [9.17, 15) is 0 Å². The van der Waals surface area contributed by atoms with Crippen LogP contribution < -0.4 is 5.19 Å². The van der Waals surface area contributed by atoms with Crippen LogP contribution in [-0.2, 0) is 0 Å². The summed E-state index contributed by atoms with van der Waals surface area (Å²) in [4.78, 5) is 0. The smallest absolute Gasteiger partial charge is 0.0811 e. The Morgan fingerprint density at radius 1 is 1.20 bits per heavy atom. The maximum Gasteiger partial charge on any atom is 0.114 e. The summed E-state index contributed by atoms with van der Waals surface area (Å²) in [5.41, 5.74) is 0. The van der Waals surface area contributed by atoms with Gasteiger partial charge in [-0.15, -0.1) is 0 Å². The molecule has 15 heavy (non-hydrogen) atoms. The van der Waals surface area contributed by atoms with Crippen LogP contribution in [0.4, 0.5) is 0 Å². The quantitative estimate of drug-likeness (QED) is 0.676. The Kier molecular flexibility index (Phi) is 2.92. The average Bonchev–Trinajstić information content (AvgIpc) is 2.83. The first-order valence-corrected chi connectivity index (χ1v) is 8.41. The molecule has 0 amide bonds. The fourth-order valence-electron chi connectivity index (χ4n) is 2.25. The Morgan fingerprint density at radius 3 is 2.47 bits per heavy atom. The van der Waals surface area contributed by atoms with Crippen molar-refractivity contribution in [1.29, 1.82) is 0 Å². The van der Waals surface area contributed by atoms with Gasteiger partial charge in [0.25, 0.3) is 0 Å². The minimum absolute atomic E-state index is 1.13. The highest BCUT2D eigenvalue weighted by molar-refractivity contribution is 6.97. The zero-order chi connectivity index (χ0) is 10.7. The van der Waals surface area contributed by atoms with Crippen LogP contribution in [0.3, 0.4) is 0 Å². The van der Waals surface area contributed by atoms with E-state index in [1.165, 1.54) is 6.04 Å². The molecule has 1 aliphatic rings. The second-order valence-corrected chi connectivity index (χ2v) is 8.88. The van der Waals surface area contributed by atoms with Crippen LogP contribution in [-0.4, -0.2) is 8.07 Å². The Hall–Kier alpha value is -1.08. The second-order valence-electron chi connectivity index (χ2n) is 4.35. The average molecular weight is 214 g/mol. The Bertz CT molecular complexity index is 389. The number of hydrogen-bond donors (Lipinski definition) is 0. The fourth-order valence-corrected chi connectivity index (χ4v) is 5.38. The van der Waals surface area contributed by atoms with E-state index >= 15 is 0 Å². The molecule has 0 bridgehead atoms. The van der Waals surface area contributed by atoms with Crippen LogP contribution in [0.1, 0.15) is 13.3 Å². The van der Waals surface area contributed by atoms with E-state index in [-0.39, 0.29) is 0 Å². The Morgan fingerprint density at radius 2 is 1.93 bits per heavy atom. The molecule has 1 unspecified atom stereocenters. The molecule has 0 saturated carbocycles. The fraction of sp³-hybridized carbons (Fsp3) is 0.286. The molecule has 0 aliphatic heterocycles. The van der Waals surface area contributed by atoms with Crippen molar-refractivity contribution in [3.63, 3.8) is 0 Å². The van der Waals surface area contributed by atoms with Gasteiger partial charge in [-0.2, -0.15) is 0 Å². The van der Waals surface area contributed by atoms with Crippen molar-refractivity contribution in [3.8, 4) is 0 Å². The molecule has 0 saturated heterocycles. The number of rotatable bonds is 3. The summed E-state index contributed by atoms with van der Waals surface area (Å²) in [7, 11) is -1.39. The molecule has 0 heterocycles. The number of allylic oxidation sites excluding steroid dienone is 4. The van der Waals surface area contributed by atoms with E-state index < -0.39 is 8.07 Å². The number of hydrogen-bond acceptors (Lipinski definition) is 0. The van der Waals surface area contributed by atoms with Crippen LogP contribution in [0.2, 0.25) is 12.6 Å². The lowest BCUT2D eigenvalue weighted by atomic mass is 10.4. The summed E-state index contributed by atoms with van der Waals surface area (Å²) in [6.45, 7) is 4.80. The third-order valence-corrected chi connectivity index (χ3v) is 8.19. The lowest BCUT2D eigenvalue weighted by Gasteiger charge is -2.27. The molecule has 0 fully saturated rings. The molecule has 1 aromatic carbocycles. The van der Waals surface area contributed by atoms with E-state index in [0.717, 1.165) is 6.42 Å². The lowest BCUT2D eigenvalue weighted by molar-refractivity contribution is 1.37. The van der Waals surface area contributed by atoms with Gasteiger partial charge in [-0.05, 0) is 6.42 Å². The molecular formula is C14H18Si. The molecule has 0 radical (unpaired) electrons. The van der Waals surface area contributed by atoms with Crippen molar-refractivity contribution in [2.75, 3.05) is 0 Å². The van der Waals surface area contributed by atoms with E-state index in [1.807, 2.05) is 0 Å². The predicted octanol–water partition coefficient (Wildman–Crippen LogP) is 3.42. The lowest BCUT2D eigenvalue weighted by Crippen LogP contribution is -2.45. The highest BCUT2D eigenvalue weighted by Crippen LogP contribution is 2.24. The van der Waals surface area contributed by atoms with E-state index in [4.69, 9.17) is 0 Å². The summed E-state index contributed by atoms with van der Waals surface area (Å²) in [5.74, 6) is 0. The van der Waals surface area contributed by atoms with Gasteiger partial charge >= 0.3 is 0 Å². The van der Waals surface area contributed by atoms with E-state index in [2.05, 4.69) is 62.0 Å².